The molecular weight excluding hydrogens is 254 g/mol. The Hall–Kier alpha value is -1.60. The quantitative estimate of drug-likeness (QED) is 0.221. The number of rotatable bonds is 6. The molecule has 0 fully saturated rings. The summed E-state index contributed by atoms with van der Waals surface area (Å²) in [6.45, 7) is 0.925. The summed E-state index contributed by atoms with van der Waals surface area (Å²) >= 11 is 0. The van der Waals surface area contributed by atoms with Crippen LogP contribution < -0.4 is 11.1 Å². The van der Waals surface area contributed by atoms with E-state index >= 15 is 0 Å². The zero-order chi connectivity index (χ0) is 13.6. The molecule has 7 heteroatoms. The van der Waals surface area contributed by atoms with E-state index < -0.39 is 9.84 Å². The smallest absolute Gasteiger partial charge is 0.170 e. The first-order valence-electron chi connectivity index (χ1n) is 5.37. The van der Waals surface area contributed by atoms with Crippen LogP contribution in [0.2, 0.25) is 0 Å². The highest BCUT2D eigenvalue weighted by molar-refractivity contribution is 7.90. The largest absolute Gasteiger partial charge is 0.409 e. The van der Waals surface area contributed by atoms with Crippen molar-refractivity contribution in [3.05, 3.63) is 35.4 Å². The van der Waals surface area contributed by atoms with Crippen LogP contribution in [0.3, 0.4) is 0 Å². The zero-order valence-electron chi connectivity index (χ0n) is 10.1. The van der Waals surface area contributed by atoms with Crippen molar-refractivity contribution in [2.45, 2.75) is 6.54 Å². The van der Waals surface area contributed by atoms with Crippen molar-refractivity contribution >= 4 is 15.7 Å². The fraction of sp³-hybridized carbons (Fsp3) is 0.364. The van der Waals surface area contributed by atoms with Gasteiger partial charge in [-0.25, -0.2) is 8.42 Å². The summed E-state index contributed by atoms with van der Waals surface area (Å²) in [4.78, 5) is 0. The van der Waals surface area contributed by atoms with Crippen molar-refractivity contribution in [2.24, 2.45) is 10.9 Å². The number of oxime groups is 1. The number of nitrogens with two attached hydrogens (primary N) is 1. The summed E-state index contributed by atoms with van der Waals surface area (Å²) in [6.07, 6.45) is 1.20. The maximum absolute atomic E-state index is 10.9. The van der Waals surface area contributed by atoms with Crippen LogP contribution in [0.15, 0.2) is 29.4 Å². The Morgan fingerprint density at radius 3 is 2.83 bits per heavy atom. The molecule has 18 heavy (non-hydrogen) atoms. The summed E-state index contributed by atoms with van der Waals surface area (Å²) < 4.78 is 21.8. The SMILES string of the molecule is CS(=O)(=O)CCNCc1cccc(/C(N)=N/O)c1. The maximum atomic E-state index is 10.9. The van der Waals surface area contributed by atoms with Crippen molar-refractivity contribution in [2.75, 3.05) is 18.6 Å². The molecule has 1 aromatic rings. The van der Waals surface area contributed by atoms with Gasteiger partial charge in [-0.05, 0) is 11.6 Å². The van der Waals surface area contributed by atoms with E-state index in [4.69, 9.17) is 10.9 Å². The van der Waals surface area contributed by atoms with E-state index in [2.05, 4.69) is 10.5 Å². The third-order valence-corrected chi connectivity index (χ3v) is 3.25. The minimum Gasteiger partial charge on any atom is -0.409 e. The number of amidine groups is 1. The summed E-state index contributed by atoms with van der Waals surface area (Å²) in [5.41, 5.74) is 7.04. The molecule has 0 radical (unpaired) electrons. The van der Waals surface area contributed by atoms with Crippen LogP contribution in [-0.4, -0.2) is 38.0 Å². The number of nitrogens with one attached hydrogen (secondary N) is 1. The van der Waals surface area contributed by atoms with Crippen LogP contribution >= 0.6 is 0 Å². The average Bonchev–Trinajstić information content (AvgIpc) is 2.33. The lowest BCUT2D eigenvalue weighted by molar-refractivity contribution is 0.318. The van der Waals surface area contributed by atoms with Crippen molar-refractivity contribution in [1.29, 1.82) is 0 Å². The van der Waals surface area contributed by atoms with Crippen LogP contribution in [0.25, 0.3) is 0 Å². The molecule has 1 aromatic carbocycles. The number of hydrogen-bond donors (Lipinski definition) is 3. The molecule has 100 valence electrons. The van der Waals surface area contributed by atoms with E-state index in [0.717, 1.165) is 5.56 Å². The van der Waals surface area contributed by atoms with Crippen molar-refractivity contribution in [3.63, 3.8) is 0 Å². The molecule has 0 unspecified atom stereocenters. The van der Waals surface area contributed by atoms with Gasteiger partial charge in [-0.2, -0.15) is 0 Å². The highest BCUT2D eigenvalue weighted by atomic mass is 32.2. The fourth-order valence-electron chi connectivity index (χ4n) is 1.39. The van der Waals surface area contributed by atoms with Crippen LogP contribution in [0.4, 0.5) is 0 Å². The molecule has 0 atom stereocenters. The lowest BCUT2D eigenvalue weighted by Gasteiger charge is -2.06. The minimum absolute atomic E-state index is 0.0491. The Bertz CT molecular complexity index is 526. The highest BCUT2D eigenvalue weighted by Gasteiger charge is 2.02. The van der Waals surface area contributed by atoms with E-state index in [1.54, 1.807) is 18.2 Å². The van der Waals surface area contributed by atoms with Gasteiger partial charge in [-0.3, -0.25) is 0 Å². The number of nitrogens with zero attached hydrogens (tertiary/aromatic N) is 1. The van der Waals surface area contributed by atoms with E-state index in [-0.39, 0.29) is 11.6 Å². The second-order valence-corrected chi connectivity index (χ2v) is 6.25. The van der Waals surface area contributed by atoms with E-state index in [1.165, 1.54) is 6.26 Å². The van der Waals surface area contributed by atoms with Gasteiger partial charge in [-0.15, -0.1) is 0 Å². The Morgan fingerprint density at radius 1 is 1.50 bits per heavy atom. The third kappa shape index (κ3) is 5.15. The van der Waals surface area contributed by atoms with Gasteiger partial charge in [0.15, 0.2) is 5.84 Å². The van der Waals surface area contributed by atoms with Gasteiger partial charge in [0.25, 0.3) is 0 Å². The van der Waals surface area contributed by atoms with E-state index in [9.17, 15) is 8.42 Å². The fourth-order valence-corrected chi connectivity index (χ4v) is 1.90. The third-order valence-electron chi connectivity index (χ3n) is 2.31. The average molecular weight is 271 g/mol. The normalized spacial score (nSPS) is 12.6. The van der Waals surface area contributed by atoms with Gasteiger partial charge >= 0.3 is 0 Å². The van der Waals surface area contributed by atoms with Crippen LogP contribution in [0.5, 0.6) is 0 Å². The molecule has 0 saturated heterocycles. The van der Waals surface area contributed by atoms with Gasteiger partial charge in [0.05, 0.1) is 5.75 Å². The van der Waals surface area contributed by atoms with E-state index in [0.29, 0.717) is 18.7 Å². The van der Waals surface area contributed by atoms with Gasteiger partial charge < -0.3 is 16.3 Å². The van der Waals surface area contributed by atoms with Crippen LogP contribution in [-0.2, 0) is 16.4 Å². The summed E-state index contributed by atoms with van der Waals surface area (Å²) in [5, 5.41) is 14.5. The Kier molecular flexibility index (Phi) is 5.11. The molecule has 6 nitrogen and oxygen atoms in total. The Balaban J connectivity index is 2.53. The molecule has 0 heterocycles. The minimum atomic E-state index is -2.94. The Morgan fingerprint density at radius 2 is 2.22 bits per heavy atom. The summed E-state index contributed by atoms with van der Waals surface area (Å²) in [7, 11) is -2.94. The second-order valence-electron chi connectivity index (χ2n) is 3.99. The number of hydrogen-bond acceptors (Lipinski definition) is 5. The first-order valence-corrected chi connectivity index (χ1v) is 7.44. The summed E-state index contributed by atoms with van der Waals surface area (Å²) in [6, 6.07) is 7.18. The zero-order valence-corrected chi connectivity index (χ0v) is 10.9. The molecule has 0 aromatic heterocycles. The monoisotopic (exact) mass is 271 g/mol. The molecule has 0 saturated carbocycles. The first kappa shape index (κ1) is 14.5. The number of sulfone groups is 1. The molecular formula is C11H17N3O3S. The number of benzene rings is 1. The molecule has 0 bridgehead atoms. The van der Waals surface area contributed by atoms with Gasteiger partial charge in [0, 0.05) is 24.9 Å². The topological polar surface area (TPSA) is 105 Å². The van der Waals surface area contributed by atoms with Crippen LogP contribution in [0, 0.1) is 0 Å². The van der Waals surface area contributed by atoms with Crippen molar-refractivity contribution in [1.82, 2.24) is 5.32 Å². The van der Waals surface area contributed by atoms with Crippen molar-refractivity contribution in [3.8, 4) is 0 Å². The van der Waals surface area contributed by atoms with Crippen molar-refractivity contribution < 1.29 is 13.6 Å². The molecule has 1 rings (SSSR count). The molecule has 0 spiro atoms. The van der Waals surface area contributed by atoms with Crippen LogP contribution in [0.1, 0.15) is 11.1 Å². The second kappa shape index (κ2) is 6.36. The predicted molar refractivity (Wildman–Crippen MR) is 70.4 cm³/mol. The standard InChI is InChI=1S/C11H17N3O3S/c1-18(16,17)6-5-13-8-9-3-2-4-10(7-9)11(12)14-15/h2-4,7,13,15H,5-6,8H2,1H3,(H2,12,14). The summed E-state index contributed by atoms with van der Waals surface area (Å²) in [5.74, 6) is 0.153. The lowest BCUT2D eigenvalue weighted by Crippen LogP contribution is -2.22. The molecule has 0 aliphatic rings. The molecule has 0 amide bonds. The lowest BCUT2D eigenvalue weighted by atomic mass is 10.1. The first-order chi connectivity index (χ1) is 8.42. The maximum Gasteiger partial charge on any atom is 0.170 e. The van der Waals surface area contributed by atoms with Gasteiger partial charge in [-0.1, -0.05) is 23.4 Å². The highest BCUT2D eigenvalue weighted by Crippen LogP contribution is 2.04. The van der Waals surface area contributed by atoms with Gasteiger partial charge in [0.1, 0.15) is 9.84 Å². The molecule has 0 aliphatic heterocycles. The molecule has 0 aliphatic carbocycles. The van der Waals surface area contributed by atoms with E-state index in [1.807, 2.05) is 6.07 Å². The predicted octanol–water partition coefficient (Wildman–Crippen LogP) is -0.0847. The van der Waals surface area contributed by atoms with Gasteiger partial charge in [0.2, 0.25) is 0 Å². The molecule has 4 N–H and O–H groups in total. The Labute approximate surface area is 106 Å².